The fraction of sp³-hybridized carbons (Fsp3) is 0.480. The molecule has 2 aromatic rings. The number of hydrogen-bond acceptors (Lipinski definition) is 3. The van der Waals surface area contributed by atoms with Crippen LogP contribution < -0.4 is 0 Å². The van der Waals surface area contributed by atoms with Crippen LogP contribution in [-0.2, 0) is 11.2 Å². The molecule has 2 saturated heterocycles. The van der Waals surface area contributed by atoms with Gasteiger partial charge in [-0.3, -0.25) is 14.6 Å². The van der Waals surface area contributed by atoms with Gasteiger partial charge in [0.2, 0.25) is 5.91 Å². The predicted octanol–water partition coefficient (Wildman–Crippen LogP) is 3.72. The van der Waals surface area contributed by atoms with Crippen molar-refractivity contribution in [2.75, 3.05) is 26.2 Å². The van der Waals surface area contributed by atoms with E-state index in [-0.39, 0.29) is 11.8 Å². The van der Waals surface area contributed by atoms with Crippen molar-refractivity contribution in [2.24, 2.45) is 11.8 Å². The Bertz CT molecular complexity index is 867. The van der Waals surface area contributed by atoms with Crippen LogP contribution in [0, 0.1) is 18.8 Å². The number of carbonyl (C=O) groups excluding carboxylic acids is 2. The lowest BCUT2D eigenvalue weighted by Crippen LogP contribution is -2.44. The van der Waals surface area contributed by atoms with E-state index in [1.54, 1.807) is 24.5 Å². The molecule has 0 atom stereocenters. The summed E-state index contributed by atoms with van der Waals surface area (Å²) in [7, 11) is 0. The number of piperidine rings is 2. The Morgan fingerprint density at radius 1 is 0.900 bits per heavy atom. The quantitative estimate of drug-likeness (QED) is 0.779. The number of aromatic nitrogens is 1. The van der Waals surface area contributed by atoms with Crippen LogP contribution in [0.25, 0.3) is 0 Å². The molecule has 2 fully saturated rings. The molecule has 0 spiro atoms. The average molecular weight is 406 g/mol. The van der Waals surface area contributed by atoms with Gasteiger partial charge in [0.25, 0.3) is 5.91 Å². The summed E-state index contributed by atoms with van der Waals surface area (Å²) >= 11 is 0. The Hall–Kier alpha value is -2.69. The summed E-state index contributed by atoms with van der Waals surface area (Å²) in [6.45, 7) is 5.46. The molecular weight excluding hydrogens is 374 g/mol. The van der Waals surface area contributed by atoms with Crippen molar-refractivity contribution in [1.29, 1.82) is 0 Å². The highest BCUT2D eigenvalue weighted by molar-refractivity contribution is 5.94. The van der Waals surface area contributed by atoms with Gasteiger partial charge < -0.3 is 9.80 Å². The Balaban J connectivity index is 1.23. The predicted molar refractivity (Wildman–Crippen MR) is 117 cm³/mol. The van der Waals surface area contributed by atoms with Crippen molar-refractivity contribution in [3.8, 4) is 0 Å². The van der Waals surface area contributed by atoms with Crippen LogP contribution in [0.4, 0.5) is 0 Å². The highest BCUT2D eigenvalue weighted by Gasteiger charge is 2.32. The Morgan fingerprint density at radius 2 is 1.50 bits per heavy atom. The molecule has 3 heterocycles. The second kappa shape index (κ2) is 9.41. The fourth-order valence-corrected chi connectivity index (χ4v) is 4.98. The van der Waals surface area contributed by atoms with E-state index in [1.165, 1.54) is 5.56 Å². The molecule has 0 N–H and O–H groups in total. The third-order valence-electron chi connectivity index (χ3n) is 6.75. The molecule has 1 aromatic heterocycles. The molecule has 0 radical (unpaired) electrons. The van der Waals surface area contributed by atoms with Crippen molar-refractivity contribution < 1.29 is 9.59 Å². The number of pyridine rings is 1. The van der Waals surface area contributed by atoms with E-state index in [9.17, 15) is 9.59 Å². The molecule has 2 aliphatic heterocycles. The molecule has 4 rings (SSSR count). The van der Waals surface area contributed by atoms with Gasteiger partial charge in [-0.1, -0.05) is 29.8 Å². The third kappa shape index (κ3) is 4.89. The van der Waals surface area contributed by atoms with Crippen LogP contribution >= 0.6 is 0 Å². The second-order valence-electron chi connectivity index (χ2n) is 8.75. The molecule has 2 aliphatic rings. The van der Waals surface area contributed by atoms with Crippen LogP contribution in [0.15, 0.2) is 48.8 Å². The van der Waals surface area contributed by atoms with Crippen molar-refractivity contribution in [3.05, 3.63) is 65.5 Å². The zero-order chi connectivity index (χ0) is 20.9. The number of amides is 2. The maximum atomic E-state index is 12.7. The number of likely N-dealkylation sites (tertiary alicyclic amines) is 2. The number of hydrogen-bond donors (Lipinski definition) is 0. The summed E-state index contributed by atoms with van der Waals surface area (Å²) in [5, 5.41) is 0. The highest BCUT2D eigenvalue weighted by Crippen LogP contribution is 2.33. The summed E-state index contributed by atoms with van der Waals surface area (Å²) < 4.78 is 0. The van der Waals surface area contributed by atoms with E-state index in [4.69, 9.17) is 0 Å². The first-order valence-electron chi connectivity index (χ1n) is 11.1. The molecule has 5 nitrogen and oxygen atoms in total. The lowest BCUT2D eigenvalue weighted by molar-refractivity contribution is -0.132. The molecule has 5 heteroatoms. The number of benzene rings is 1. The van der Waals surface area contributed by atoms with Crippen LogP contribution in [-0.4, -0.2) is 52.8 Å². The largest absolute Gasteiger partial charge is 0.342 e. The molecule has 30 heavy (non-hydrogen) atoms. The maximum Gasteiger partial charge on any atom is 0.253 e. The Morgan fingerprint density at radius 3 is 2.10 bits per heavy atom. The zero-order valence-corrected chi connectivity index (χ0v) is 17.8. The van der Waals surface area contributed by atoms with Crippen LogP contribution in [0.5, 0.6) is 0 Å². The second-order valence-corrected chi connectivity index (χ2v) is 8.75. The number of carbonyl (C=O) groups is 2. The highest BCUT2D eigenvalue weighted by atomic mass is 16.2. The van der Waals surface area contributed by atoms with Gasteiger partial charge in [-0.15, -0.1) is 0 Å². The van der Waals surface area contributed by atoms with E-state index in [0.29, 0.717) is 18.3 Å². The van der Waals surface area contributed by atoms with Gasteiger partial charge in [-0.2, -0.15) is 0 Å². The van der Waals surface area contributed by atoms with Gasteiger partial charge in [-0.25, -0.2) is 0 Å². The first-order valence-corrected chi connectivity index (χ1v) is 11.1. The Kier molecular flexibility index (Phi) is 6.46. The monoisotopic (exact) mass is 405 g/mol. The average Bonchev–Trinajstić information content (AvgIpc) is 2.79. The van der Waals surface area contributed by atoms with E-state index in [2.05, 4.69) is 24.0 Å². The van der Waals surface area contributed by atoms with Crippen LogP contribution in [0.2, 0.25) is 0 Å². The fourth-order valence-electron chi connectivity index (χ4n) is 4.98. The summed E-state index contributed by atoms with van der Waals surface area (Å²) in [4.78, 5) is 33.3. The van der Waals surface area contributed by atoms with Gasteiger partial charge in [0.1, 0.15) is 0 Å². The number of nitrogens with zero attached hydrogens (tertiary/aromatic N) is 3. The topological polar surface area (TPSA) is 53.5 Å². The van der Waals surface area contributed by atoms with Crippen LogP contribution in [0.1, 0.15) is 47.2 Å². The minimum absolute atomic E-state index is 0.118. The lowest BCUT2D eigenvalue weighted by atomic mass is 9.78. The van der Waals surface area contributed by atoms with Crippen molar-refractivity contribution >= 4 is 11.8 Å². The summed E-state index contributed by atoms with van der Waals surface area (Å²) in [6.07, 6.45) is 8.16. The van der Waals surface area contributed by atoms with E-state index in [1.807, 2.05) is 21.9 Å². The van der Waals surface area contributed by atoms with Crippen molar-refractivity contribution in [2.45, 2.75) is 39.0 Å². The van der Waals surface area contributed by atoms with Crippen molar-refractivity contribution in [1.82, 2.24) is 14.8 Å². The first-order chi connectivity index (χ1) is 14.6. The maximum absolute atomic E-state index is 12.7. The van der Waals surface area contributed by atoms with E-state index >= 15 is 0 Å². The minimum Gasteiger partial charge on any atom is -0.342 e. The zero-order valence-electron chi connectivity index (χ0n) is 17.8. The first kappa shape index (κ1) is 20.6. The van der Waals surface area contributed by atoms with Gasteiger partial charge in [0, 0.05) is 44.1 Å². The van der Waals surface area contributed by atoms with Gasteiger partial charge in [0.15, 0.2) is 0 Å². The Labute approximate surface area is 179 Å². The summed E-state index contributed by atoms with van der Waals surface area (Å²) in [6, 6.07) is 11.8. The number of rotatable bonds is 4. The molecule has 2 amide bonds. The molecule has 0 saturated carbocycles. The van der Waals surface area contributed by atoms with E-state index in [0.717, 1.165) is 63.0 Å². The smallest absolute Gasteiger partial charge is 0.253 e. The van der Waals surface area contributed by atoms with Gasteiger partial charge in [-0.05, 0) is 62.1 Å². The number of aryl methyl sites for hydroxylation is 1. The molecule has 1 aromatic carbocycles. The minimum atomic E-state index is 0.118. The lowest BCUT2D eigenvalue weighted by Gasteiger charge is -2.40. The van der Waals surface area contributed by atoms with Crippen LogP contribution in [0.3, 0.4) is 0 Å². The van der Waals surface area contributed by atoms with Crippen molar-refractivity contribution in [3.63, 3.8) is 0 Å². The van der Waals surface area contributed by atoms with E-state index < -0.39 is 0 Å². The molecule has 0 unspecified atom stereocenters. The summed E-state index contributed by atoms with van der Waals surface area (Å²) in [5.74, 6) is 1.70. The SMILES string of the molecule is Cc1cccc(CC(=O)N2CCC(C3CCN(C(=O)c4ccncc4)CC3)CC2)c1. The molecule has 0 aliphatic carbocycles. The molecule has 158 valence electrons. The van der Waals surface area contributed by atoms with Gasteiger partial charge >= 0.3 is 0 Å². The standard InChI is InChI=1S/C25H31N3O2/c1-19-3-2-4-20(17-19)18-24(29)27-13-7-21(8-14-27)22-9-15-28(16-10-22)25(30)23-5-11-26-12-6-23/h2-6,11-12,17,21-22H,7-10,13-16,18H2,1H3. The third-order valence-corrected chi connectivity index (χ3v) is 6.75. The summed E-state index contributed by atoms with van der Waals surface area (Å²) in [5.41, 5.74) is 3.03. The molecule has 0 bridgehead atoms. The van der Waals surface area contributed by atoms with Gasteiger partial charge in [0.05, 0.1) is 6.42 Å². The molecular formula is C25H31N3O2. The normalized spacial score (nSPS) is 18.4.